The van der Waals surface area contributed by atoms with Crippen molar-refractivity contribution in [2.75, 3.05) is 13.2 Å². The molecule has 3 unspecified atom stereocenters. The van der Waals surface area contributed by atoms with Crippen LogP contribution in [0, 0.1) is 11.8 Å². The summed E-state index contributed by atoms with van der Waals surface area (Å²) in [5.74, 6) is -0.352. The van der Waals surface area contributed by atoms with E-state index in [0.717, 1.165) is 6.42 Å². The number of rotatable bonds is 6. The van der Waals surface area contributed by atoms with E-state index in [1.165, 1.54) is 0 Å². The monoisotopic (exact) mass is 272 g/mol. The summed E-state index contributed by atoms with van der Waals surface area (Å²) in [4.78, 5) is 12.1. The van der Waals surface area contributed by atoms with Crippen molar-refractivity contribution in [3.05, 3.63) is 0 Å². The Morgan fingerprint density at radius 3 is 2.68 bits per heavy atom. The Bertz CT molecular complexity index is 290. The first-order valence-electron chi connectivity index (χ1n) is 7.45. The van der Waals surface area contributed by atoms with Crippen LogP contribution in [-0.2, 0) is 14.3 Å². The molecule has 0 aromatic heterocycles. The zero-order valence-electron chi connectivity index (χ0n) is 12.6. The van der Waals surface area contributed by atoms with Gasteiger partial charge in [0.2, 0.25) is 0 Å². The molecule has 1 aliphatic heterocycles. The molecule has 0 aromatic carbocycles. The molecule has 1 aliphatic rings. The molecule has 4 heteroatoms. The third kappa shape index (κ3) is 4.18. The molecule has 1 saturated heterocycles. The topological polar surface area (TPSA) is 55.8 Å². The van der Waals surface area contributed by atoms with Gasteiger partial charge in [-0.2, -0.15) is 0 Å². The van der Waals surface area contributed by atoms with Crippen LogP contribution in [0.15, 0.2) is 0 Å². The van der Waals surface area contributed by atoms with E-state index in [9.17, 15) is 9.90 Å². The van der Waals surface area contributed by atoms with Crippen LogP contribution in [0.25, 0.3) is 0 Å². The van der Waals surface area contributed by atoms with Gasteiger partial charge in [-0.1, -0.05) is 27.2 Å². The molecule has 1 heterocycles. The van der Waals surface area contributed by atoms with Crippen LogP contribution < -0.4 is 0 Å². The molecule has 0 aliphatic carbocycles. The molecule has 0 amide bonds. The van der Waals surface area contributed by atoms with Gasteiger partial charge in [-0.3, -0.25) is 4.79 Å². The second kappa shape index (κ2) is 7.25. The molecule has 1 N–H and O–H groups in total. The molecular weight excluding hydrogens is 244 g/mol. The summed E-state index contributed by atoms with van der Waals surface area (Å²) in [6.45, 7) is 8.85. The molecule has 0 radical (unpaired) electrons. The van der Waals surface area contributed by atoms with E-state index >= 15 is 0 Å². The van der Waals surface area contributed by atoms with E-state index in [1.54, 1.807) is 6.92 Å². The van der Waals surface area contributed by atoms with Crippen molar-refractivity contribution >= 4 is 5.97 Å². The van der Waals surface area contributed by atoms with E-state index in [4.69, 9.17) is 9.47 Å². The van der Waals surface area contributed by atoms with Crippen molar-refractivity contribution in [1.29, 1.82) is 0 Å². The predicted molar refractivity (Wildman–Crippen MR) is 73.8 cm³/mol. The highest BCUT2D eigenvalue weighted by Crippen LogP contribution is 2.37. The van der Waals surface area contributed by atoms with Crippen molar-refractivity contribution in [2.24, 2.45) is 11.8 Å². The lowest BCUT2D eigenvalue weighted by molar-refractivity contribution is -0.176. The van der Waals surface area contributed by atoms with Crippen LogP contribution in [0.4, 0.5) is 0 Å². The summed E-state index contributed by atoms with van der Waals surface area (Å²) >= 11 is 0. The fraction of sp³-hybridized carbons (Fsp3) is 0.933. The number of carbonyl (C=O) groups excluding carboxylic acids is 1. The van der Waals surface area contributed by atoms with Crippen LogP contribution >= 0.6 is 0 Å². The summed E-state index contributed by atoms with van der Waals surface area (Å²) in [5.41, 5.74) is -0.977. The molecule has 1 rings (SSSR count). The molecule has 19 heavy (non-hydrogen) atoms. The van der Waals surface area contributed by atoms with Crippen molar-refractivity contribution in [2.45, 2.75) is 65.1 Å². The summed E-state index contributed by atoms with van der Waals surface area (Å²) in [5, 5.41) is 10.9. The van der Waals surface area contributed by atoms with Gasteiger partial charge >= 0.3 is 5.97 Å². The third-order valence-corrected chi connectivity index (χ3v) is 3.96. The number of esters is 1. The SMILES string of the molecule is CCCC(C(=O)OCC)C1(O)CCOC(C(C)C)C1. The third-order valence-electron chi connectivity index (χ3n) is 3.96. The first-order chi connectivity index (χ1) is 8.94. The van der Waals surface area contributed by atoms with Crippen molar-refractivity contribution in [3.8, 4) is 0 Å². The minimum atomic E-state index is -0.977. The average molecular weight is 272 g/mol. The van der Waals surface area contributed by atoms with Gasteiger partial charge in [-0.05, 0) is 19.3 Å². The van der Waals surface area contributed by atoms with E-state index in [1.807, 2.05) is 6.92 Å². The Labute approximate surface area is 116 Å². The van der Waals surface area contributed by atoms with E-state index in [0.29, 0.717) is 38.4 Å². The lowest BCUT2D eigenvalue weighted by Gasteiger charge is -2.42. The minimum Gasteiger partial charge on any atom is -0.466 e. The fourth-order valence-electron chi connectivity index (χ4n) is 2.78. The first-order valence-corrected chi connectivity index (χ1v) is 7.45. The number of aliphatic hydroxyl groups is 1. The largest absolute Gasteiger partial charge is 0.466 e. The lowest BCUT2D eigenvalue weighted by atomic mass is 9.75. The van der Waals surface area contributed by atoms with Gasteiger partial charge in [-0.25, -0.2) is 0 Å². The summed E-state index contributed by atoms with van der Waals surface area (Å²) in [6, 6.07) is 0. The molecular formula is C15H28O4. The Kier molecular flexibility index (Phi) is 6.27. The van der Waals surface area contributed by atoms with Crippen LogP contribution in [0.5, 0.6) is 0 Å². The summed E-state index contributed by atoms with van der Waals surface area (Å²) < 4.78 is 10.8. The molecule has 4 nitrogen and oxygen atoms in total. The molecule has 0 saturated carbocycles. The maximum absolute atomic E-state index is 12.1. The van der Waals surface area contributed by atoms with E-state index < -0.39 is 11.5 Å². The number of hydrogen-bond acceptors (Lipinski definition) is 4. The Balaban J connectivity index is 2.82. The van der Waals surface area contributed by atoms with E-state index in [2.05, 4.69) is 13.8 Å². The van der Waals surface area contributed by atoms with Crippen LogP contribution in [0.1, 0.15) is 53.4 Å². The van der Waals surface area contributed by atoms with Gasteiger partial charge in [-0.15, -0.1) is 0 Å². The average Bonchev–Trinajstić information content (AvgIpc) is 2.36. The second-order valence-electron chi connectivity index (χ2n) is 5.80. The van der Waals surface area contributed by atoms with Gasteiger partial charge in [0, 0.05) is 19.4 Å². The van der Waals surface area contributed by atoms with Crippen molar-refractivity contribution in [3.63, 3.8) is 0 Å². The molecule has 0 bridgehead atoms. The smallest absolute Gasteiger partial charge is 0.311 e. The van der Waals surface area contributed by atoms with Crippen LogP contribution in [0.3, 0.4) is 0 Å². The van der Waals surface area contributed by atoms with Gasteiger partial charge in [0.15, 0.2) is 0 Å². The van der Waals surface area contributed by atoms with Gasteiger partial charge < -0.3 is 14.6 Å². The fourth-order valence-corrected chi connectivity index (χ4v) is 2.78. The first kappa shape index (κ1) is 16.4. The molecule has 1 fully saturated rings. The van der Waals surface area contributed by atoms with Gasteiger partial charge in [0.1, 0.15) is 0 Å². The Hall–Kier alpha value is -0.610. The highest BCUT2D eigenvalue weighted by atomic mass is 16.5. The minimum absolute atomic E-state index is 0.0209. The maximum Gasteiger partial charge on any atom is 0.311 e. The van der Waals surface area contributed by atoms with Crippen molar-refractivity contribution in [1.82, 2.24) is 0 Å². The number of ether oxygens (including phenoxy) is 2. The summed E-state index contributed by atoms with van der Waals surface area (Å²) in [6.07, 6.45) is 2.58. The van der Waals surface area contributed by atoms with Crippen molar-refractivity contribution < 1.29 is 19.4 Å². The normalized spacial score (nSPS) is 29.3. The molecule has 3 atom stereocenters. The summed E-state index contributed by atoms with van der Waals surface area (Å²) in [7, 11) is 0. The van der Waals surface area contributed by atoms with Gasteiger partial charge in [0.25, 0.3) is 0 Å². The highest BCUT2D eigenvalue weighted by molar-refractivity contribution is 5.74. The van der Waals surface area contributed by atoms with Gasteiger partial charge in [0.05, 0.1) is 24.2 Å². The van der Waals surface area contributed by atoms with Crippen LogP contribution in [0.2, 0.25) is 0 Å². The highest BCUT2D eigenvalue weighted by Gasteiger charge is 2.46. The molecule has 0 spiro atoms. The number of hydrogen-bond donors (Lipinski definition) is 1. The zero-order valence-corrected chi connectivity index (χ0v) is 12.6. The quantitative estimate of drug-likeness (QED) is 0.755. The molecule has 112 valence electrons. The lowest BCUT2D eigenvalue weighted by Crippen LogP contribution is -2.50. The molecule has 0 aromatic rings. The second-order valence-corrected chi connectivity index (χ2v) is 5.80. The Morgan fingerprint density at radius 1 is 1.47 bits per heavy atom. The van der Waals surface area contributed by atoms with E-state index in [-0.39, 0.29) is 12.1 Å². The predicted octanol–water partition coefficient (Wildman–Crippen LogP) is 2.53. The number of carbonyl (C=O) groups is 1. The standard InChI is InChI=1S/C15H28O4/c1-5-7-12(14(16)18-6-2)15(17)8-9-19-13(10-15)11(3)4/h11-13,17H,5-10H2,1-4H3. The maximum atomic E-state index is 12.1. The Morgan fingerprint density at radius 2 is 2.16 bits per heavy atom. The van der Waals surface area contributed by atoms with Crippen LogP contribution in [-0.4, -0.2) is 36.0 Å². The zero-order chi connectivity index (χ0) is 14.5.